The number of benzene rings is 1. The topological polar surface area (TPSA) is 99.5 Å². The lowest BCUT2D eigenvalue weighted by Crippen LogP contribution is -2.15. The number of pyridine rings is 1. The molecule has 0 atom stereocenters. The first-order valence-corrected chi connectivity index (χ1v) is 5.36. The lowest BCUT2D eigenvalue weighted by atomic mass is 10.2. The predicted octanol–water partition coefficient (Wildman–Crippen LogP) is 1.74. The third-order valence-electron chi connectivity index (χ3n) is 2.37. The second-order valence-corrected chi connectivity index (χ2v) is 3.71. The van der Waals surface area contributed by atoms with Crippen molar-refractivity contribution in [2.75, 3.05) is 5.32 Å². The SMILES string of the molecule is O=C(Nc1cccnc1C(=O)O)c1cccc(O)c1. The van der Waals surface area contributed by atoms with Crippen molar-refractivity contribution in [2.24, 2.45) is 0 Å². The Morgan fingerprint density at radius 3 is 2.63 bits per heavy atom. The lowest BCUT2D eigenvalue weighted by molar-refractivity contribution is 0.0691. The van der Waals surface area contributed by atoms with Gasteiger partial charge in [0, 0.05) is 11.8 Å². The quantitative estimate of drug-likeness (QED) is 0.778. The average Bonchev–Trinajstić information content (AvgIpc) is 2.39. The molecule has 3 N–H and O–H groups in total. The van der Waals surface area contributed by atoms with Crippen LogP contribution in [0.5, 0.6) is 5.75 Å². The van der Waals surface area contributed by atoms with Crippen molar-refractivity contribution >= 4 is 17.6 Å². The maximum absolute atomic E-state index is 11.9. The maximum atomic E-state index is 11.9. The van der Waals surface area contributed by atoms with E-state index in [0.29, 0.717) is 0 Å². The molecule has 6 nitrogen and oxygen atoms in total. The highest BCUT2D eigenvalue weighted by Gasteiger charge is 2.14. The first-order chi connectivity index (χ1) is 9.08. The summed E-state index contributed by atoms with van der Waals surface area (Å²) < 4.78 is 0. The maximum Gasteiger partial charge on any atom is 0.356 e. The normalized spacial score (nSPS) is 9.89. The molecular weight excluding hydrogens is 248 g/mol. The summed E-state index contributed by atoms with van der Waals surface area (Å²) in [7, 11) is 0. The first-order valence-electron chi connectivity index (χ1n) is 5.36. The number of amides is 1. The van der Waals surface area contributed by atoms with E-state index in [1.807, 2.05) is 0 Å². The minimum Gasteiger partial charge on any atom is -0.508 e. The third kappa shape index (κ3) is 2.86. The fourth-order valence-electron chi connectivity index (χ4n) is 1.52. The summed E-state index contributed by atoms with van der Waals surface area (Å²) in [6.45, 7) is 0. The molecule has 0 fully saturated rings. The van der Waals surface area contributed by atoms with Gasteiger partial charge in [-0.15, -0.1) is 0 Å². The van der Waals surface area contributed by atoms with Crippen molar-refractivity contribution in [3.05, 3.63) is 53.9 Å². The molecule has 0 aliphatic heterocycles. The minimum absolute atomic E-state index is 0.0442. The number of anilines is 1. The van der Waals surface area contributed by atoms with Crippen molar-refractivity contribution in [1.82, 2.24) is 4.98 Å². The van der Waals surface area contributed by atoms with Crippen LogP contribution < -0.4 is 5.32 Å². The number of carboxylic acids is 1. The fourth-order valence-corrected chi connectivity index (χ4v) is 1.52. The van der Waals surface area contributed by atoms with Crippen LogP contribution in [0.3, 0.4) is 0 Å². The molecule has 19 heavy (non-hydrogen) atoms. The van der Waals surface area contributed by atoms with Gasteiger partial charge in [-0.2, -0.15) is 0 Å². The monoisotopic (exact) mass is 258 g/mol. The van der Waals surface area contributed by atoms with Gasteiger partial charge in [0.05, 0.1) is 5.69 Å². The van der Waals surface area contributed by atoms with E-state index in [1.165, 1.54) is 42.6 Å². The van der Waals surface area contributed by atoms with E-state index in [1.54, 1.807) is 0 Å². The van der Waals surface area contributed by atoms with Crippen molar-refractivity contribution in [1.29, 1.82) is 0 Å². The molecule has 2 aromatic rings. The third-order valence-corrected chi connectivity index (χ3v) is 2.37. The van der Waals surface area contributed by atoms with Gasteiger partial charge in [0.15, 0.2) is 5.69 Å². The van der Waals surface area contributed by atoms with Gasteiger partial charge in [0.2, 0.25) is 0 Å². The van der Waals surface area contributed by atoms with Crippen LogP contribution in [-0.4, -0.2) is 27.1 Å². The molecule has 1 aromatic heterocycles. The molecule has 0 unspecified atom stereocenters. The zero-order chi connectivity index (χ0) is 13.8. The molecule has 1 heterocycles. The van der Waals surface area contributed by atoms with Crippen LogP contribution in [0, 0.1) is 0 Å². The van der Waals surface area contributed by atoms with E-state index in [9.17, 15) is 14.7 Å². The Balaban J connectivity index is 2.27. The summed E-state index contributed by atoms with van der Waals surface area (Å²) >= 11 is 0. The van der Waals surface area contributed by atoms with E-state index in [0.717, 1.165) is 0 Å². The highest BCUT2D eigenvalue weighted by Crippen LogP contribution is 2.16. The van der Waals surface area contributed by atoms with Gasteiger partial charge in [0.25, 0.3) is 5.91 Å². The molecule has 0 aliphatic carbocycles. The van der Waals surface area contributed by atoms with Crippen molar-refractivity contribution < 1.29 is 19.8 Å². The number of phenols is 1. The number of aromatic hydroxyl groups is 1. The fraction of sp³-hybridized carbons (Fsp3) is 0. The highest BCUT2D eigenvalue weighted by atomic mass is 16.4. The van der Waals surface area contributed by atoms with Gasteiger partial charge in [-0.3, -0.25) is 4.79 Å². The Hall–Kier alpha value is -2.89. The number of aromatic carboxylic acids is 1. The molecule has 0 saturated carbocycles. The Bertz CT molecular complexity index is 640. The van der Waals surface area contributed by atoms with Crippen molar-refractivity contribution in [3.63, 3.8) is 0 Å². The van der Waals surface area contributed by atoms with Crippen molar-refractivity contribution in [2.45, 2.75) is 0 Å². The molecule has 0 saturated heterocycles. The number of phenolic OH excluding ortho intramolecular Hbond substituents is 1. The van der Waals surface area contributed by atoms with Crippen LogP contribution in [0.1, 0.15) is 20.8 Å². The van der Waals surface area contributed by atoms with Crippen LogP contribution >= 0.6 is 0 Å². The van der Waals surface area contributed by atoms with E-state index in [-0.39, 0.29) is 22.7 Å². The molecule has 1 amide bonds. The van der Waals surface area contributed by atoms with E-state index in [2.05, 4.69) is 10.3 Å². The van der Waals surface area contributed by atoms with Crippen LogP contribution in [0.25, 0.3) is 0 Å². The summed E-state index contributed by atoms with van der Waals surface area (Å²) in [6.07, 6.45) is 1.33. The molecular formula is C13H10N2O4. The number of nitrogens with zero attached hydrogens (tertiary/aromatic N) is 1. The molecule has 2 rings (SSSR count). The zero-order valence-electron chi connectivity index (χ0n) is 9.70. The summed E-state index contributed by atoms with van der Waals surface area (Å²) in [5.41, 5.74) is 0.0829. The summed E-state index contributed by atoms with van der Waals surface area (Å²) in [5, 5.41) is 20.7. The van der Waals surface area contributed by atoms with Gasteiger partial charge in [-0.1, -0.05) is 6.07 Å². The number of hydrogen-bond acceptors (Lipinski definition) is 4. The zero-order valence-corrected chi connectivity index (χ0v) is 9.70. The molecule has 0 bridgehead atoms. The molecule has 0 aliphatic rings. The van der Waals surface area contributed by atoms with Gasteiger partial charge in [-0.25, -0.2) is 9.78 Å². The second-order valence-electron chi connectivity index (χ2n) is 3.71. The van der Waals surface area contributed by atoms with Gasteiger partial charge in [-0.05, 0) is 30.3 Å². The highest BCUT2D eigenvalue weighted by molar-refractivity contribution is 6.07. The summed E-state index contributed by atoms with van der Waals surface area (Å²) in [4.78, 5) is 26.5. The summed E-state index contributed by atoms with van der Waals surface area (Å²) in [6, 6.07) is 8.70. The Kier molecular flexibility index (Phi) is 3.42. The summed E-state index contributed by atoms with van der Waals surface area (Å²) in [5.74, 6) is -1.80. The van der Waals surface area contributed by atoms with Crippen molar-refractivity contribution in [3.8, 4) is 5.75 Å². The largest absolute Gasteiger partial charge is 0.508 e. The minimum atomic E-state index is -1.23. The lowest BCUT2D eigenvalue weighted by Gasteiger charge is -2.07. The van der Waals surface area contributed by atoms with Gasteiger partial charge in [0.1, 0.15) is 5.75 Å². The number of carbonyl (C=O) groups excluding carboxylic acids is 1. The second kappa shape index (κ2) is 5.18. The van der Waals surface area contributed by atoms with Crippen LogP contribution in [0.4, 0.5) is 5.69 Å². The van der Waals surface area contributed by atoms with E-state index < -0.39 is 11.9 Å². The molecule has 96 valence electrons. The van der Waals surface area contributed by atoms with E-state index >= 15 is 0 Å². The first kappa shape index (κ1) is 12.6. The average molecular weight is 258 g/mol. The number of aromatic nitrogens is 1. The number of carbonyl (C=O) groups is 2. The smallest absolute Gasteiger partial charge is 0.356 e. The number of carboxylic acid groups (broad SMARTS) is 1. The van der Waals surface area contributed by atoms with Crippen LogP contribution in [-0.2, 0) is 0 Å². The standard InChI is InChI=1S/C13H10N2O4/c16-9-4-1-3-8(7-9)12(17)15-10-5-2-6-14-11(10)13(18)19/h1-7,16H,(H,15,17)(H,18,19). The van der Waals surface area contributed by atoms with Gasteiger partial charge >= 0.3 is 5.97 Å². The Morgan fingerprint density at radius 2 is 1.95 bits per heavy atom. The predicted molar refractivity (Wildman–Crippen MR) is 67.3 cm³/mol. The molecule has 6 heteroatoms. The van der Waals surface area contributed by atoms with Crippen LogP contribution in [0.15, 0.2) is 42.6 Å². The molecule has 1 aromatic carbocycles. The number of rotatable bonds is 3. The van der Waals surface area contributed by atoms with Gasteiger partial charge < -0.3 is 15.5 Å². The van der Waals surface area contributed by atoms with E-state index in [4.69, 9.17) is 5.11 Å². The Morgan fingerprint density at radius 1 is 1.16 bits per heavy atom. The number of hydrogen-bond donors (Lipinski definition) is 3. The Labute approximate surface area is 108 Å². The number of nitrogens with one attached hydrogen (secondary N) is 1. The molecule has 0 spiro atoms. The van der Waals surface area contributed by atoms with Crippen LogP contribution in [0.2, 0.25) is 0 Å². The molecule has 0 radical (unpaired) electrons.